The average molecular weight is 1590 g/mol. The van der Waals surface area contributed by atoms with E-state index in [1.54, 1.807) is 80.3 Å². The van der Waals surface area contributed by atoms with Crippen molar-refractivity contribution in [1.29, 1.82) is 0 Å². The fourth-order valence-electron chi connectivity index (χ4n) is 14.8. The molecule has 0 spiro atoms. The smallest absolute Gasteiger partial charge is 0.260 e. The first-order valence-electron chi connectivity index (χ1n) is 41.2. The lowest BCUT2D eigenvalue weighted by Crippen LogP contribution is -2.53. The molecule has 2 saturated carbocycles. The molecular weight excluding hydrogens is 1470 g/mol. The summed E-state index contributed by atoms with van der Waals surface area (Å²) >= 11 is 0. The maximum Gasteiger partial charge on any atom is 0.260 e. The number of likely N-dealkylation sites (tertiary alicyclic amines) is 1. The number of ether oxygens (including phenoxy) is 12. The number of aliphatic imine (C=N–C) groups is 2. The Hall–Kier alpha value is -8.68. The number of hydrogen-bond donors (Lipinski definition) is 4. The molecule has 4 N–H and O–H groups in total. The molecule has 5 heterocycles. The number of fused-ring (bicyclic) bond motifs is 4. The van der Waals surface area contributed by atoms with E-state index in [1.807, 2.05) is 30.7 Å². The van der Waals surface area contributed by atoms with Crippen molar-refractivity contribution in [1.82, 2.24) is 30.7 Å². The second-order valence-corrected chi connectivity index (χ2v) is 30.1. The van der Waals surface area contributed by atoms with Gasteiger partial charge in [0.2, 0.25) is 35.4 Å². The van der Waals surface area contributed by atoms with Crippen molar-refractivity contribution in [2.24, 2.45) is 33.7 Å². The summed E-state index contributed by atoms with van der Waals surface area (Å²) < 4.78 is 68.2. The molecule has 5 atom stereocenters. The predicted molar refractivity (Wildman–Crippen MR) is 428 cm³/mol. The average Bonchev–Trinajstić information content (AvgIpc) is 1.63. The Kier molecular flexibility index (Phi) is 36.0. The van der Waals surface area contributed by atoms with Crippen molar-refractivity contribution in [2.45, 2.75) is 173 Å². The molecule has 0 bridgehead atoms. The molecule has 0 aromatic heterocycles. The number of amides is 8. The van der Waals surface area contributed by atoms with Gasteiger partial charge < -0.3 is 87.9 Å². The van der Waals surface area contributed by atoms with Crippen LogP contribution in [0.25, 0.3) is 5.57 Å². The van der Waals surface area contributed by atoms with E-state index < -0.39 is 23.9 Å². The summed E-state index contributed by atoms with van der Waals surface area (Å²) in [6.45, 7) is 11.9. The van der Waals surface area contributed by atoms with E-state index in [4.69, 9.17) is 66.8 Å². The monoisotopic (exact) mass is 1590 g/mol. The number of carbonyl (C=O) groups excluding carboxylic acids is 8. The lowest BCUT2D eigenvalue weighted by atomic mass is 9.82. The summed E-state index contributed by atoms with van der Waals surface area (Å²) in [7, 11) is 3.05. The van der Waals surface area contributed by atoms with E-state index in [2.05, 4.69) is 21.3 Å². The molecule has 3 aromatic carbocycles. The first-order valence-corrected chi connectivity index (χ1v) is 41.2. The third-order valence-corrected chi connectivity index (χ3v) is 21.4. The van der Waals surface area contributed by atoms with Gasteiger partial charge in [0.25, 0.3) is 11.8 Å². The van der Waals surface area contributed by atoms with E-state index in [1.165, 1.54) is 81.8 Å². The van der Waals surface area contributed by atoms with E-state index in [0.29, 0.717) is 169 Å². The van der Waals surface area contributed by atoms with Crippen molar-refractivity contribution < 1.29 is 95.2 Å². The molecule has 0 radical (unpaired) electrons. The minimum Gasteiger partial charge on any atom is -0.493 e. The Balaban J connectivity index is 0.498. The van der Waals surface area contributed by atoms with E-state index in [-0.39, 0.29) is 118 Å². The van der Waals surface area contributed by atoms with Gasteiger partial charge in [-0.05, 0) is 97.8 Å². The van der Waals surface area contributed by atoms with Crippen molar-refractivity contribution >= 4 is 82.3 Å². The standard InChI is InChI=1S/C85H119N9O20/c1-58(2)80(91-78(96)26-31-105-33-35-107-37-39-109-41-43-111-45-46-112-44-42-110-40-38-108-36-34-106-32-27-86-77(95)25-28-92-79(97)51-68(83(92)100)62-17-14-12-10-8-6-7-9-11-13-15-18-62)82(99)89-59(3)81(98)90-65-23-21-61(22-24-65)64-48-67-55-88-72-53-76(74(104-5)50-70(72)85(102)94(67)57-64)114-30-16-29-113-75-52-71-69(49-73(75)103-4)84(101)93-56-63(60-19-20-60)47-66(93)54-87-71/h21-24,49-50,52-60,62,66-68,80H,6-20,25-48,51H2,1-5H3,(H,86,95)(H,89,99)(H,90,98)(H,91,96)/t59-,66-,67-,68?,80-/m0/s1. The van der Waals surface area contributed by atoms with Crippen LogP contribution in [-0.2, 0) is 66.7 Å². The first kappa shape index (κ1) is 87.7. The highest BCUT2D eigenvalue weighted by molar-refractivity contribution is 6.07. The van der Waals surface area contributed by atoms with Crippen molar-refractivity contribution in [3.05, 3.63) is 83.2 Å². The van der Waals surface area contributed by atoms with Crippen LogP contribution >= 0.6 is 0 Å². The number of nitrogens with one attached hydrogen (secondary N) is 4. The molecule has 29 nitrogen and oxygen atoms in total. The number of nitrogens with zero attached hydrogens (tertiary/aromatic N) is 5. The van der Waals surface area contributed by atoms with Gasteiger partial charge >= 0.3 is 0 Å². The Morgan fingerprint density at radius 3 is 1.48 bits per heavy atom. The van der Waals surface area contributed by atoms with Gasteiger partial charge in [0.1, 0.15) is 12.1 Å². The number of carbonyl (C=O) groups is 8. The normalized spacial score (nSPS) is 19.1. The summed E-state index contributed by atoms with van der Waals surface area (Å²) in [6, 6.07) is 11.7. The maximum absolute atomic E-state index is 14.2. The highest BCUT2D eigenvalue weighted by atomic mass is 16.6. The van der Waals surface area contributed by atoms with Crippen LogP contribution in [-0.4, -0.2) is 245 Å². The number of rotatable bonds is 47. The molecule has 29 heteroatoms. The van der Waals surface area contributed by atoms with Crippen LogP contribution in [0.3, 0.4) is 0 Å². The Morgan fingerprint density at radius 1 is 0.500 bits per heavy atom. The number of methoxy groups -OCH3 is 2. The van der Waals surface area contributed by atoms with E-state index in [0.717, 1.165) is 43.2 Å². The van der Waals surface area contributed by atoms with Gasteiger partial charge in [-0.2, -0.15) is 0 Å². The zero-order valence-corrected chi connectivity index (χ0v) is 67.2. The zero-order valence-electron chi connectivity index (χ0n) is 67.2. The van der Waals surface area contributed by atoms with Crippen LogP contribution in [0.5, 0.6) is 23.0 Å². The molecule has 5 aliphatic heterocycles. The summed E-state index contributed by atoms with van der Waals surface area (Å²) in [4.78, 5) is 121. The van der Waals surface area contributed by atoms with Gasteiger partial charge in [0, 0.05) is 87.8 Å². The molecule has 10 rings (SSSR count). The predicted octanol–water partition coefficient (Wildman–Crippen LogP) is 10.0. The summed E-state index contributed by atoms with van der Waals surface area (Å²) in [5.74, 6) is -0.170. The minimum absolute atomic E-state index is 0.0160. The molecule has 624 valence electrons. The molecule has 114 heavy (non-hydrogen) atoms. The zero-order chi connectivity index (χ0) is 80.4. The van der Waals surface area contributed by atoms with Crippen molar-refractivity contribution in [3.8, 4) is 23.0 Å². The molecular formula is C85H119N9O20. The SMILES string of the molecule is COc1cc2c(cc1OCCCOc1cc3c(cc1OC)C(=O)N1C=C(C4CC4)C[C@H]1C=N3)N=C[C@@H]1CC(c3ccc(NC(=O)[C@H](C)NC(=O)[C@@H](NC(=O)CCOCCOCCOCCOCCOCCOCCOCCOCCNC(=O)CCN4C(=O)CC(C5CCCCCCCCCCCC5)C4=O)C(C)C)cc3)=CN1C2=O. The lowest BCUT2D eigenvalue weighted by Gasteiger charge is -2.24. The first-order chi connectivity index (χ1) is 55.6. The van der Waals surface area contributed by atoms with Crippen LogP contribution in [0.1, 0.15) is 175 Å². The fourth-order valence-corrected chi connectivity index (χ4v) is 14.8. The Morgan fingerprint density at radius 2 is 0.982 bits per heavy atom. The van der Waals surface area contributed by atoms with Crippen LogP contribution in [0, 0.1) is 23.7 Å². The Labute approximate surface area is 670 Å². The van der Waals surface area contributed by atoms with Crippen LogP contribution in [0.4, 0.5) is 17.1 Å². The Bertz CT molecular complexity index is 3770. The van der Waals surface area contributed by atoms with Crippen molar-refractivity contribution in [2.75, 3.05) is 152 Å². The topological polar surface area (TPSA) is 330 Å². The second-order valence-electron chi connectivity index (χ2n) is 30.1. The molecule has 3 fully saturated rings. The molecule has 3 aromatic rings. The van der Waals surface area contributed by atoms with Gasteiger partial charge in [0.05, 0.1) is 174 Å². The lowest BCUT2D eigenvalue weighted by molar-refractivity contribution is -0.140. The number of hydrogen-bond acceptors (Lipinski definition) is 22. The summed E-state index contributed by atoms with van der Waals surface area (Å²) in [6.07, 6.45) is 26.2. The van der Waals surface area contributed by atoms with Crippen LogP contribution < -0.4 is 40.2 Å². The third kappa shape index (κ3) is 27.0. The summed E-state index contributed by atoms with van der Waals surface area (Å²) in [5.41, 5.74) is 5.34. The van der Waals surface area contributed by atoms with Crippen LogP contribution in [0.15, 0.2) is 76.5 Å². The molecule has 1 unspecified atom stereocenters. The fraction of sp³-hybridized carbons (Fsp3) is 0.624. The van der Waals surface area contributed by atoms with E-state index >= 15 is 0 Å². The third-order valence-electron chi connectivity index (χ3n) is 21.4. The maximum atomic E-state index is 14.2. The van der Waals surface area contributed by atoms with Gasteiger partial charge in [-0.25, -0.2) is 0 Å². The van der Waals surface area contributed by atoms with Gasteiger partial charge in [-0.1, -0.05) is 90.2 Å². The minimum atomic E-state index is -0.938. The highest BCUT2D eigenvalue weighted by Gasteiger charge is 2.43. The van der Waals surface area contributed by atoms with Gasteiger partial charge in [-0.15, -0.1) is 0 Å². The van der Waals surface area contributed by atoms with Gasteiger partial charge in [0.15, 0.2) is 23.0 Å². The highest BCUT2D eigenvalue weighted by Crippen LogP contribution is 2.45. The van der Waals surface area contributed by atoms with Crippen molar-refractivity contribution in [3.63, 3.8) is 0 Å². The molecule has 1 saturated heterocycles. The molecule has 8 amide bonds. The number of imide groups is 1. The molecule has 7 aliphatic rings. The van der Waals surface area contributed by atoms with Gasteiger partial charge in [-0.3, -0.25) is 53.2 Å². The molecule has 2 aliphatic carbocycles. The summed E-state index contributed by atoms with van der Waals surface area (Å²) in [5, 5.41) is 11.2. The van der Waals surface area contributed by atoms with Crippen LogP contribution in [0.2, 0.25) is 0 Å². The largest absolute Gasteiger partial charge is 0.493 e. The quantitative estimate of drug-likeness (QED) is 0.0302. The van der Waals surface area contributed by atoms with E-state index in [9.17, 15) is 38.4 Å². The number of benzene rings is 3. The second kappa shape index (κ2) is 46.8. The number of anilines is 1.